The molecule has 2 unspecified atom stereocenters. The molecule has 0 aliphatic heterocycles. The second-order valence-corrected chi connectivity index (χ2v) is 6.16. The summed E-state index contributed by atoms with van der Waals surface area (Å²) in [7, 11) is 0. The Morgan fingerprint density at radius 3 is 2.52 bits per heavy atom. The number of carboxylic acid groups (broad SMARTS) is 1. The zero-order valence-corrected chi connectivity index (χ0v) is 13.5. The van der Waals surface area contributed by atoms with Crippen LogP contribution in [0.5, 0.6) is 0 Å². The first-order valence-corrected chi connectivity index (χ1v) is 7.67. The van der Waals surface area contributed by atoms with Gasteiger partial charge in [0, 0.05) is 18.1 Å². The molecule has 0 aromatic rings. The first-order chi connectivity index (χ1) is 9.82. The van der Waals surface area contributed by atoms with Gasteiger partial charge in [-0.15, -0.1) is 0 Å². The topological polar surface area (TPSA) is 78.9 Å². The van der Waals surface area contributed by atoms with Crippen molar-refractivity contribution in [1.29, 1.82) is 0 Å². The molecule has 1 aliphatic carbocycles. The number of carbonyl (C=O) groups excluding carboxylic acids is 1. The fourth-order valence-electron chi connectivity index (χ4n) is 3.01. The lowest BCUT2D eigenvalue weighted by molar-refractivity contribution is -0.155. The van der Waals surface area contributed by atoms with E-state index in [-0.39, 0.29) is 30.5 Å². The quantitative estimate of drug-likeness (QED) is 0.667. The number of carboxylic acids is 1. The van der Waals surface area contributed by atoms with Crippen LogP contribution in [0.25, 0.3) is 0 Å². The third kappa shape index (κ3) is 4.68. The normalized spacial score (nSPS) is 23.7. The van der Waals surface area contributed by atoms with Crippen molar-refractivity contribution < 1.29 is 19.4 Å². The van der Waals surface area contributed by atoms with Gasteiger partial charge in [0.2, 0.25) is 5.91 Å². The molecule has 0 heterocycles. The number of ether oxygens (including phenoxy) is 1. The molecule has 6 nitrogen and oxygen atoms in total. The number of rotatable bonds is 9. The molecule has 122 valence electrons. The Balaban J connectivity index is 2.58. The average Bonchev–Trinajstić information content (AvgIpc) is 2.40. The number of nitrogens with zero attached hydrogens (tertiary/aromatic N) is 1. The maximum absolute atomic E-state index is 11.8. The molecule has 0 radical (unpaired) electrons. The number of carbonyl (C=O) groups is 2. The van der Waals surface area contributed by atoms with Gasteiger partial charge in [0.05, 0.1) is 12.6 Å². The summed E-state index contributed by atoms with van der Waals surface area (Å²) < 4.78 is 5.73. The Hall–Kier alpha value is -1.14. The Morgan fingerprint density at radius 2 is 2.05 bits per heavy atom. The highest BCUT2D eigenvalue weighted by atomic mass is 16.5. The van der Waals surface area contributed by atoms with Gasteiger partial charge in [-0.1, -0.05) is 20.8 Å². The third-order valence-electron chi connectivity index (χ3n) is 4.23. The van der Waals surface area contributed by atoms with Crippen LogP contribution in [0.2, 0.25) is 0 Å². The number of hydrogen-bond acceptors (Lipinski definition) is 4. The van der Waals surface area contributed by atoms with Crippen LogP contribution in [0, 0.1) is 5.41 Å². The van der Waals surface area contributed by atoms with Crippen LogP contribution >= 0.6 is 0 Å². The van der Waals surface area contributed by atoms with E-state index >= 15 is 0 Å². The fourth-order valence-corrected chi connectivity index (χ4v) is 3.01. The number of amides is 1. The standard InChI is InChI=1S/C15H28N2O4/c1-5-7-17(10-13(18)16-9-14(19)20)11-8-12(21-6-2)15(11,3)4/h11-12H,5-10H2,1-4H3,(H,16,18)(H,19,20). The lowest BCUT2D eigenvalue weighted by Crippen LogP contribution is -2.63. The van der Waals surface area contributed by atoms with E-state index in [9.17, 15) is 9.59 Å². The summed E-state index contributed by atoms with van der Waals surface area (Å²) in [5.74, 6) is -1.26. The molecule has 0 saturated heterocycles. The van der Waals surface area contributed by atoms with Gasteiger partial charge in [-0.3, -0.25) is 14.5 Å². The number of nitrogens with one attached hydrogen (secondary N) is 1. The van der Waals surface area contributed by atoms with Crippen molar-refractivity contribution in [3.05, 3.63) is 0 Å². The first kappa shape index (κ1) is 17.9. The minimum atomic E-state index is -1.02. The van der Waals surface area contributed by atoms with Gasteiger partial charge in [-0.25, -0.2) is 0 Å². The monoisotopic (exact) mass is 300 g/mol. The molecular formula is C15H28N2O4. The van der Waals surface area contributed by atoms with Crippen LogP contribution in [0.3, 0.4) is 0 Å². The molecule has 0 spiro atoms. The molecule has 1 saturated carbocycles. The van der Waals surface area contributed by atoms with Gasteiger partial charge in [-0.2, -0.15) is 0 Å². The van der Waals surface area contributed by atoms with E-state index in [1.807, 2.05) is 6.92 Å². The van der Waals surface area contributed by atoms with E-state index in [2.05, 4.69) is 31.0 Å². The zero-order chi connectivity index (χ0) is 16.0. The second kappa shape index (κ2) is 7.75. The second-order valence-electron chi connectivity index (χ2n) is 6.16. The molecule has 1 fully saturated rings. The smallest absolute Gasteiger partial charge is 0.322 e. The van der Waals surface area contributed by atoms with Crippen molar-refractivity contribution in [3.63, 3.8) is 0 Å². The Bertz CT molecular complexity index is 371. The minimum Gasteiger partial charge on any atom is -0.480 e. The number of aliphatic carboxylic acids is 1. The van der Waals surface area contributed by atoms with Crippen LogP contribution in [-0.2, 0) is 14.3 Å². The predicted octanol–water partition coefficient (Wildman–Crippen LogP) is 1.10. The highest BCUT2D eigenvalue weighted by molar-refractivity contribution is 5.82. The van der Waals surface area contributed by atoms with Gasteiger partial charge < -0.3 is 15.2 Å². The largest absolute Gasteiger partial charge is 0.480 e. The van der Waals surface area contributed by atoms with Crippen LogP contribution in [0.1, 0.15) is 40.5 Å². The van der Waals surface area contributed by atoms with Crippen LogP contribution in [-0.4, -0.2) is 60.3 Å². The SMILES string of the molecule is CCCN(CC(=O)NCC(=O)O)C1CC(OCC)C1(C)C. The summed E-state index contributed by atoms with van der Waals surface area (Å²) in [6, 6.07) is 0.296. The van der Waals surface area contributed by atoms with Gasteiger partial charge in [0.1, 0.15) is 6.54 Å². The molecule has 21 heavy (non-hydrogen) atoms. The van der Waals surface area contributed by atoms with Crippen molar-refractivity contribution in [2.75, 3.05) is 26.2 Å². The predicted molar refractivity (Wildman–Crippen MR) is 80.1 cm³/mol. The van der Waals surface area contributed by atoms with Crippen molar-refractivity contribution in [2.45, 2.75) is 52.7 Å². The molecule has 2 atom stereocenters. The molecule has 6 heteroatoms. The molecule has 0 bridgehead atoms. The Labute approximate surface area is 126 Å². The molecule has 0 aromatic heterocycles. The van der Waals surface area contributed by atoms with Crippen LogP contribution in [0.4, 0.5) is 0 Å². The first-order valence-electron chi connectivity index (χ1n) is 7.67. The van der Waals surface area contributed by atoms with Crippen molar-refractivity contribution >= 4 is 11.9 Å². The summed E-state index contributed by atoms with van der Waals surface area (Å²) in [6.45, 7) is 9.85. The van der Waals surface area contributed by atoms with Crippen LogP contribution in [0.15, 0.2) is 0 Å². The maximum atomic E-state index is 11.8. The molecule has 1 amide bonds. The average molecular weight is 300 g/mol. The zero-order valence-electron chi connectivity index (χ0n) is 13.5. The molecule has 1 aliphatic rings. The van der Waals surface area contributed by atoms with Crippen molar-refractivity contribution in [1.82, 2.24) is 10.2 Å². The van der Waals surface area contributed by atoms with Gasteiger partial charge >= 0.3 is 5.97 Å². The van der Waals surface area contributed by atoms with E-state index < -0.39 is 5.97 Å². The van der Waals surface area contributed by atoms with Gasteiger partial charge in [-0.05, 0) is 26.3 Å². The maximum Gasteiger partial charge on any atom is 0.322 e. The molecule has 2 N–H and O–H groups in total. The summed E-state index contributed by atoms with van der Waals surface area (Å²) >= 11 is 0. The van der Waals surface area contributed by atoms with E-state index in [1.165, 1.54) is 0 Å². The lowest BCUT2D eigenvalue weighted by Gasteiger charge is -2.55. The number of hydrogen-bond donors (Lipinski definition) is 2. The summed E-state index contributed by atoms with van der Waals surface area (Å²) in [6.07, 6.45) is 2.11. The highest BCUT2D eigenvalue weighted by Crippen LogP contribution is 2.45. The highest BCUT2D eigenvalue weighted by Gasteiger charge is 2.51. The fraction of sp³-hybridized carbons (Fsp3) is 0.867. The van der Waals surface area contributed by atoms with E-state index in [0.717, 1.165) is 19.4 Å². The van der Waals surface area contributed by atoms with Crippen LogP contribution < -0.4 is 5.32 Å². The molecule has 0 aromatic carbocycles. The van der Waals surface area contributed by atoms with E-state index in [1.54, 1.807) is 0 Å². The van der Waals surface area contributed by atoms with Crippen molar-refractivity contribution in [2.24, 2.45) is 5.41 Å². The lowest BCUT2D eigenvalue weighted by atomic mass is 9.63. The summed E-state index contributed by atoms with van der Waals surface area (Å²) in [4.78, 5) is 24.5. The summed E-state index contributed by atoms with van der Waals surface area (Å²) in [5.41, 5.74) is 0.0122. The Kier molecular flexibility index (Phi) is 6.61. The third-order valence-corrected chi connectivity index (χ3v) is 4.23. The van der Waals surface area contributed by atoms with E-state index in [4.69, 9.17) is 9.84 Å². The van der Waals surface area contributed by atoms with Gasteiger partial charge in [0.25, 0.3) is 0 Å². The molecule has 1 rings (SSSR count). The van der Waals surface area contributed by atoms with Crippen molar-refractivity contribution in [3.8, 4) is 0 Å². The summed E-state index contributed by atoms with van der Waals surface area (Å²) in [5, 5.41) is 11.0. The van der Waals surface area contributed by atoms with Gasteiger partial charge in [0.15, 0.2) is 0 Å². The Morgan fingerprint density at radius 1 is 1.38 bits per heavy atom. The molecular weight excluding hydrogens is 272 g/mol. The minimum absolute atomic E-state index is 0.0122. The van der Waals surface area contributed by atoms with E-state index in [0.29, 0.717) is 12.6 Å².